The van der Waals surface area contributed by atoms with E-state index < -0.39 is 15.9 Å². The highest BCUT2D eigenvalue weighted by Gasteiger charge is 2.34. The number of amides is 1. The zero-order chi connectivity index (χ0) is 21.3. The maximum absolute atomic E-state index is 13.4. The molecule has 4 rings (SSSR count). The van der Waals surface area contributed by atoms with Gasteiger partial charge in [0, 0.05) is 30.4 Å². The van der Waals surface area contributed by atoms with Gasteiger partial charge in [-0.3, -0.25) is 9.78 Å². The number of carbonyl (C=O) groups excluding carboxylic acids is 1. The Bertz CT molecular complexity index is 1200. The number of fused-ring (bicyclic) bond motifs is 1. The number of benzene rings is 2. The van der Waals surface area contributed by atoms with E-state index in [0.29, 0.717) is 24.9 Å². The Labute approximate surface area is 177 Å². The van der Waals surface area contributed by atoms with Crippen LogP contribution in [-0.4, -0.2) is 36.7 Å². The maximum atomic E-state index is 13.4. The van der Waals surface area contributed by atoms with Gasteiger partial charge in [-0.2, -0.15) is 4.31 Å². The molecule has 0 radical (unpaired) electrons. The lowest BCUT2D eigenvalue weighted by Gasteiger charge is -2.31. The zero-order valence-electron chi connectivity index (χ0n) is 17.1. The van der Waals surface area contributed by atoms with E-state index in [4.69, 9.17) is 0 Å². The number of pyridine rings is 1. The van der Waals surface area contributed by atoms with Crippen LogP contribution in [0, 0.1) is 19.8 Å². The van der Waals surface area contributed by atoms with Crippen molar-refractivity contribution in [1.29, 1.82) is 0 Å². The quantitative estimate of drug-likeness (QED) is 0.690. The Balaban J connectivity index is 1.57. The summed E-state index contributed by atoms with van der Waals surface area (Å²) in [6, 6.07) is 14.6. The first-order valence-electron chi connectivity index (χ1n) is 10.1. The Hall–Kier alpha value is -2.77. The third-order valence-corrected chi connectivity index (χ3v) is 7.73. The van der Waals surface area contributed by atoms with Gasteiger partial charge in [-0.25, -0.2) is 8.42 Å². The van der Waals surface area contributed by atoms with E-state index in [2.05, 4.69) is 10.3 Å². The lowest BCUT2D eigenvalue weighted by atomic mass is 9.98. The standard InChI is InChI=1S/C23H25N3O3S/c1-16-7-3-11-20(17(16)2)25-23(27)19-10-6-14-26(15-19)30(28,29)21-12-4-8-18-9-5-13-24-22(18)21/h3-5,7-9,11-13,19H,6,10,14-15H2,1-2H3,(H,25,27). The minimum Gasteiger partial charge on any atom is -0.326 e. The van der Waals surface area contributed by atoms with Crippen molar-refractivity contribution in [1.82, 2.24) is 9.29 Å². The van der Waals surface area contributed by atoms with Gasteiger partial charge < -0.3 is 5.32 Å². The molecule has 1 N–H and O–H groups in total. The van der Waals surface area contributed by atoms with Crippen molar-refractivity contribution in [2.75, 3.05) is 18.4 Å². The van der Waals surface area contributed by atoms with E-state index in [1.54, 1.807) is 24.4 Å². The fourth-order valence-corrected chi connectivity index (χ4v) is 5.61. The van der Waals surface area contributed by atoms with E-state index in [9.17, 15) is 13.2 Å². The van der Waals surface area contributed by atoms with E-state index in [1.165, 1.54) is 4.31 Å². The second kappa shape index (κ2) is 8.16. The summed E-state index contributed by atoms with van der Waals surface area (Å²) in [6.45, 7) is 4.54. The summed E-state index contributed by atoms with van der Waals surface area (Å²) in [4.78, 5) is 17.4. The Morgan fingerprint density at radius 2 is 1.87 bits per heavy atom. The van der Waals surface area contributed by atoms with Crippen LogP contribution in [0.25, 0.3) is 10.9 Å². The molecular weight excluding hydrogens is 398 g/mol. The van der Waals surface area contributed by atoms with Crippen LogP contribution in [0.3, 0.4) is 0 Å². The molecule has 1 amide bonds. The number of hydrogen-bond acceptors (Lipinski definition) is 4. The number of anilines is 1. The molecule has 1 aliphatic heterocycles. The van der Waals surface area contributed by atoms with Gasteiger partial charge in [-0.05, 0) is 56.0 Å². The molecular formula is C23H25N3O3S. The van der Waals surface area contributed by atoms with Crippen LogP contribution in [0.15, 0.2) is 59.6 Å². The lowest BCUT2D eigenvalue weighted by molar-refractivity contribution is -0.120. The molecule has 6 nitrogen and oxygen atoms in total. The Morgan fingerprint density at radius 1 is 1.10 bits per heavy atom. The Kier molecular flexibility index (Phi) is 5.58. The highest BCUT2D eigenvalue weighted by molar-refractivity contribution is 7.89. The van der Waals surface area contributed by atoms with E-state index in [-0.39, 0.29) is 17.3 Å². The van der Waals surface area contributed by atoms with Crippen molar-refractivity contribution in [3.63, 3.8) is 0 Å². The van der Waals surface area contributed by atoms with Crippen molar-refractivity contribution in [3.8, 4) is 0 Å². The molecule has 2 aromatic carbocycles. The number of aryl methyl sites for hydroxylation is 1. The summed E-state index contributed by atoms with van der Waals surface area (Å²) in [6.07, 6.45) is 2.90. The van der Waals surface area contributed by atoms with Gasteiger partial charge in [-0.15, -0.1) is 0 Å². The number of rotatable bonds is 4. The molecule has 1 fully saturated rings. The Morgan fingerprint density at radius 3 is 2.70 bits per heavy atom. The first-order chi connectivity index (χ1) is 14.4. The van der Waals surface area contributed by atoms with Gasteiger partial charge in [0.25, 0.3) is 0 Å². The number of para-hydroxylation sites is 1. The summed E-state index contributed by atoms with van der Waals surface area (Å²) in [5.74, 6) is -0.531. The molecule has 0 spiro atoms. The van der Waals surface area contributed by atoms with E-state index in [1.807, 2.05) is 44.2 Å². The zero-order valence-corrected chi connectivity index (χ0v) is 17.9. The van der Waals surface area contributed by atoms with Crippen LogP contribution in [0.1, 0.15) is 24.0 Å². The molecule has 0 bridgehead atoms. The molecule has 0 aliphatic carbocycles. The van der Waals surface area contributed by atoms with Crippen LogP contribution < -0.4 is 5.32 Å². The fraction of sp³-hybridized carbons (Fsp3) is 0.304. The number of sulfonamides is 1. The summed E-state index contributed by atoms with van der Waals surface area (Å²) >= 11 is 0. The number of nitrogens with zero attached hydrogens (tertiary/aromatic N) is 2. The van der Waals surface area contributed by atoms with Crippen LogP contribution >= 0.6 is 0 Å². The van der Waals surface area contributed by atoms with E-state index >= 15 is 0 Å². The van der Waals surface area contributed by atoms with Crippen LogP contribution in [0.5, 0.6) is 0 Å². The summed E-state index contributed by atoms with van der Waals surface area (Å²) < 4.78 is 28.2. The molecule has 1 aromatic heterocycles. The number of carbonyl (C=O) groups is 1. The minimum absolute atomic E-state index is 0.139. The van der Waals surface area contributed by atoms with Gasteiger partial charge in [0.1, 0.15) is 4.90 Å². The SMILES string of the molecule is Cc1cccc(NC(=O)C2CCCN(S(=O)(=O)c3cccc4cccnc34)C2)c1C. The first kappa shape index (κ1) is 20.5. The minimum atomic E-state index is -3.75. The molecule has 1 atom stereocenters. The predicted molar refractivity (Wildman–Crippen MR) is 118 cm³/mol. The molecule has 1 unspecified atom stereocenters. The van der Waals surface area contributed by atoms with Crippen molar-refractivity contribution in [3.05, 3.63) is 65.9 Å². The molecule has 156 valence electrons. The average Bonchev–Trinajstić information content (AvgIpc) is 2.76. The van der Waals surface area contributed by atoms with Crippen LogP contribution in [0.4, 0.5) is 5.69 Å². The molecule has 3 aromatic rings. The summed E-state index contributed by atoms with van der Waals surface area (Å²) in [5, 5.41) is 3.77. The number of aromatic nitrogens is 1. The van der Waals surface area contributed by atoms with Gasteiger partial charge in [0.15, 0.2) is 0 Å². The van der Waals surface area contributed by atoms with Crippen molar-refractivity contribution >= 4 is 32.5 Å². The van der Waals surface area contributed by atoms with Gasteiger partial charge in [-0.1, -0.05) is 30.3 Å². The summed E-state index contributed by atoms with van der Waals surface area (Å²) in [7, 11) is -3.75. The fourth-order valence-electron chi connectivity index (χ4n) is 3.92. The smallest absolute Gasteiger partial charge is 0.245 e. The monoisotopic (exact) mass is 423 g/mol. The molecule has 0 saturated carbocycles. The first-order valence-corrected chi connectivity index (χ1v) is 11.5. The third-order valence-electron chi connectivity index (χ3n) is 5.83. The number of nitrogens with one attached hydrogen (secondary N) is 1. The highest BCUT2D eigenvalue weighted by Crippen LogP contribution is 2.29. The topological polar surface area (TPSA) is 79.4 Å². The number of hydrogen-bond donors (Lipinski definition) is 1. The highest BCUT2D eigenvalue weighted by atomic mass is 32.2. The molecule has 2 heterocycles. The second-order valence-corrected chi connectivity index (χ2v) is 9.68. The van der Waals surface area contributed by atoms with Crippen molar-refractivity contribution < 1.29 is 13.2 Å². The predicted octanol–water partition coefficient (Wildman–Crippen LogP) is 3.89. The summed E-state index contributed by atoms with van der Waals surface area (Å²) in [5.41, 5.74) is 3.36. The molecule has 7 heteroatoms. The largest absolute Gasteiger partial charge is 0.326 e. The van der Waals surface area contributed by atoms with Crippen LogP contribution in [-0.2, 0) is 14.8 Å². The molecule has 30 heavy (non-hydrogen) atoms. The maximum Gasteiger partial charge on any atom is 0.245 e. The normalized spacial score (nSPS) is 17.7. The van der Waals surface area contributed by atoms with Crippen LogP contribution in [0.2, 0.25) is 0 Å². The van der Waals surface area contributed by atoms with Gasteiger partial charge >= 0.3 is 0 Å². The van der Waals surface area contributed by atoms with Gasteiger partial charge in [0.05, 0.1) is 11.4 Å². The van der Waals surface area contributed by atoms with Crippen molar-refractivity contribution in [2.24, 2.45) is 5.92 Å². The third kappa shape index (κ3) is 3.82. The molecule has 1 aliphatic rings. The second-order valence-electron chi connectivity index (χ2n) is 7.77. The lowest BCUT2D eigenvalue weighted by Crippen LogP contribution is -2.43. The van der Waals surface area contributed by atoms with Crippen molar-refractivity contribution in [2.45, 2.75) is 31.6 Å². The average molecular weight is 424 g/mol. The number of piperidine rings is 1. The van der Waals surface area contributed by atoms with E-state index in [0.717, 1.165) is 22.2 Å². The molecule has 1 saturated heterocycles. The van der Waals surface area contributed by atoms with Gasteiger partial charge in [0.2, 0.25) is 15.9 Å².